The van der Waals surface area contributed by atoms with Crippen LogP contribution in [0.5, 0.6) is 0 Å². The van der Waals surface area contributed by atoms with Gasteiger partial charge in [0.1, 0.15) is 5.82 Å². The summed E-state index contributed by atoms with van der Waals surface area (Å²) in [5.41, 5.74) is 0.501. The summed E-state index contributed by atoms with van der Waals surface area (Å²) in [5, 5.41) is 11.6. The van der Waals surface area contributed by atoms with E-state index in [1.54, 1.807) is 23.1 Å². The molecule has 0 unspecified atom stereocenters. The highest BCUT2D eigenvalue weighted by Gasteiger charge is 2.43. The van der Waals surface area contributed by atoms with Crippen molar-refractivity contribution in [2.75, 3.05) is 30.8 Å². The van der Waals surface area contributed by atoms with Crippen molar-refractivity contribution in [3.05, 3.63) is 28.6 Å². The van der Waals surface area contributed by atoms with Crippen molar-refractivity contribution in [3.63, 3.8) is 0 Å². The van der Waals surface area contributed by atoms with Crippen LogP contribution in [0.15, 0.2) is 28.9 Å². The second-order valence-corrected chi connectivity index (χ2v) is 10.1. The maximum Gasteiger partial charge on any atom is 0.231 e. The predicted molar refractivity (Wildman–Crippen MR) is 126 cm³/mol. The van der Waals surface area contributed by atoms with Gasteiger partial charge in [0.15, 0.2) is 10.8 Å². The number of thioether (sulfide) groups is 1. The van der Waals surface area contributed by atoms with Gasteiger partial charge in [-0.2, -0.15) is 5.10 Å². The summed E-state index contributed by atoms with van der Waals surface area (Å²) in [4.78, 5) is 26.2. The molecule has 31 heavy (non-hydrogen) atoms. The van der Waals surface area contributed by atoms with Gasteiger partial charge < -0.3 is 10.2 Å². The molecule has 1 amide bonds. The number of carbonyl (C=O) groups is 1. The van der Waals surface area contributed by atoms with Crippen LogP contribution in [0.4, 0.5) is 5.82 Å². The fraction of sp³-hybridized carbons (Fsp3) is 0.545. The molecular formula is C22H28N6OS2. The lowest BCUT2D eigenvalue weighted by molar-refractivity contribution is -0.126. The summed E-state index contributed by atoms with van der Waals surface area (Å²) in [6, 6.07) is 4.15. The first kappa shape index (κ1) is 20.8. The van der Waals surface area contributed by atoms with Gasteiger partial charge in [-0.1, -0.05) is 30.7 Å². The maximum absolute atomic E-state index is 13.2. The first-order valence-corrected chi connectivity index (χ1v) is 13.2. The smallest absolute Gasteiger partial charge is 0.231 e. The lowest BCUT2D eigenvalue weighted by Gasteiger charge is -2.26. The third kappa shape index (κ3) is 3.82. The zero-order chi connectivity index (χ0) is 21.3. The molecule has 4 heterocycles. The fourth-order valence-electron chi connectivity index (χ4n) is 4.91. The van der Waals surface area contributed by atoms with E-state index in [-0.39, 0.29) is 11.3 Å². The second kappa shape index (κ2) is 8.78. The predicted octanol–water partition coefficient (Wildman–Crippen LogP) is 3.84. The van der Waals surface area contributed by atoms with Crippen molar-refractivity contribution in [1.29, 1.82) is 0 Å². The fourth-order valence-corrected chi connectivity index (χ4v) is 6.24. The topological polar surface area (TPSA) is 75.9 Å². The number of fused-ring (bicyclic) bond motifs is 1. The zero-order valence-electron chi connectivity index (χ0n) is 17.8. The minimum atomic E-state index is -0.350. The van der Waals surface area contributed by atoms with E-state index in [1.807, 2.05) is 23.2 Å². The van der Waals surface area contributed by atoms with Crippen LogP contribution in [-0.4, -0.2) is 51.5 Å². The molecule has 0 atom stereocenters. The lowest BCUT2D eigenvalue weighted by atomic mass is 9.83. The monoisotopic (exact) mass is 456 g/mol. The first-order chi connectivity index (χ1) is 15.2. The largest absolute Gasteiger partial charge is 0.356 e. The first-order valence-electron chi connectivity index (χ1n) is 11.1. The van der Waals surface area contributed by atoms with E-state index in [9.17, 15) is 4.79 Å². The van der Waals surface area contributed by atoms with Crippen LogP contribution in [0.25, 0.3) is 11.0 Å². The summed E-state index contributed by atoms with van der Waals surface area (Å²) in [6.07, 6.45) is 10.4. The van der Waals surface area contributed by atoms with Crippen LogP contribution in [-0.2, 0) is 16.8 Å². The molecule has 0 aromatic carbocycles. The molecule has 7 nitrogen and oxygen atoms in total. The van der Waals surface area contributed by atoms with E-state index >= 15 is 0 Å². The van der Waals surface area contributed by atoms with E-state index in [0.29, 0.717) is 13.1 Å². The number of amides is 1. The zero-order valence-corrected chi connectivity index (χ0v) is 19.5. The number of hydrogen-bond acceptors (Lipinski definition) is 7. The van der Waals surface area contributed by atoms with Crippen LogP contribution in [0.2, 0.25) is 0 Å². The minimum absolute atomic E-state index is 0.154. The third-order valence-electron chi connectivity index (χ3n) is 6.54. The Hall–Kier alpha value is -2.13. The molecule has 2 fully saturated rings. The number of aromatic nitrogens is 4. The van der Waals surface area contributed by atoms with Crippen molar-refractivity contribution in [2.24, 2.45) is 0 Å². The molecule has 1 aliphatic carbocycles. The summed E-state index contributed by atoms with van der Waals surface area (Å²) in [6.45, 7) is 3.21. The molecule has 0 radical (unpaired) electrons. The highest BCUT2D eigenvalue weighted by molar-refractivity contribution is 7.98. The average Bonchev–Trinajstić information content (AvgIpc) is 3.59. The molecule has 9 heteroatoms. The van der Waals surface area contributed by atoms with Gasteiger partial charge in [0.2, 0.25) is 5.91 Å². The van der Waals surface area contributed by atoms with Crippen molar-refractivity contribution in [3.8, 4) is 0 Å². The number of carbonyl (C=O) groups excluding carboxylic acids is 1. The van der Waals surface area contributed by atoms with Crippen molar-refractivity contribution >= 4 is 45.9 Å². The Morgan fingerprint density at radius 3 is 2.74 bits per heavy atom. The van der Waals surface area contributed by atoms with Crippen LogP contribution < -0.4 is 10.2 Å². The van der Waals surface area contributed by atoms with E-state index in [1.165, 1.54) is 17.7 Å². The number of anilines is 1. The average molecular weight is 457 g/mol. The van der Waals surface area contributed by atoms with Crippen LogP contribution in [0, 0.1) is 0 Å². The minimum Gasteiger partial charge on any atom is -0.356 e. The molecule has 2 aliphatic rings. The van der Waals surface area contributed by atoms with Gasteiger partial charge >= 0.3 is 0 Å². The lowest BCUT2D eigenvalue weighted by Crippen LogP contribution is -2.43. The van der Waals surface area contributed by atoms with Gasteiger partial charge in [0, 0.05) is 24.5 Å². The highest BCUT2D eigenvalue weighted by atomic mass is 32.2. The summed E-state index contributed by atoms with van der Waals surface area (Å²) in [7, 11) is 0. The Morgan fingerprint density at radius 1 is 1.23 bits per heavy atom. The van der Waals surface area contributed by atoms with E-state index < -0.39 is 0 Å². The van der Waals surface area contributed by atoms with E-state index in [0.717, 1.165) is 60.8 Å². The van der Waals surface area contributed by atoms with Gasteiger partial charge in [0.25, 0.3) is 0 Å². The van der Waals surface area contributed by atoms with Gasteiger partial charge in [-0.15, -0.1) is 11.3 Å². The summed E-state index contributed by atoms with van der Waals surface area (Å²) >= 11 is 3.25. The van der Waals surface area contributed by atoms with Crippen molar-refractivity contribution in [1.82, 2.24) is 25.1 Å². The SMILES string of the molecule is CSc1nc(N2CCCC2)c2cnn(CCNC(=O)C3(c4cccs4)CCCC3)c2n1. The molecule has 3 aromatic rings. The molecular weight excluding hydrogens is 428 g/mol. The molecule has 5 rings (SSSR count). The molecule has 1 aliphatic heterocycles. The number of thiophene rings is 1. The number of rotatable bonds is 7. The maximum atomic E-state index is 13.2. The molecule has 164 valence electrons. The second-order valence-electron chi connectivity index (χ2n) is 8.36. The molecule has 1 saturated carbocycles. The molecule has 0 spiro atoms. The van der Waals surface area contributed by atoms with Gasteiger partial charge in [-0.05, 0) is 43.4 Å². The Bertz CT molecular complexity index is 1050. The standard InChI is InChI=1S/C22H28N6OS2/c1-30-21-25-18(27-11-4-5-12-27)16-15-24-28(19(16)26-21)13-10-23-20(29)22(8-2-3-9-22)17-7-6-14-31-17/h6-7,14-15H,2-5,8-13H2,1H3,(H,23,29). The normalized spacial score (nSPS) is 18.2. The number of hydrogen-bond donors (Lipinski definition) is 1. The molecule has 3 aromatic heterocycles. The van der Waals surface area contributed by atoms with Gasteiger partial charge in [-0.3, -0.25) is 4.79 Å². The highest BCUT2D eigenvalue weighted by Crippen LogP contribution is 2.43. The van der Waals surface area contributed by atoms with Gasteiger partial charge in [0.05, 0.1) is 23.5 Å². The molecule has 0 bridgehead atoms. The molecule has 1 N–H and O–H groups in total. The van der Waals surface area contributed by atoms with E-state index in [2.05, 4.69) is 26.8 Å². The van der Waals surface area contributed by atoms with Crippen LogP contribution >= 0.6 is 23.1 Å². The van der Waals surface area contributed by atoms with E-state index in [4.69, 9.17) is 9.97 Å². The van der Waals surface area contributed by atoms with Crippen LogP contribution in [0.3, 0.4) is 0 Å². The van der Waals surface area contributed by atoms with Gasteiger partial charge in [-0.25, -0.2) is 14.6 Å². The Labute approximate surface area is 190 Å². The number of nitrogens with one attached hydrogen (secondary N) is 1. The summed E-state index contributed by atoms with van der Waals surface area (Å²) in [5.74, 6) is 1.14. The number of nitrogens with zero attached hydrogens (tertiary/aromatic N) is 5. The molecule has 1 saturated heterocycles. The Balaban J connectivity index is 1.33. The summed E-state index contributed by atoms with van der Waals surface area (Å²) < 4.78 is 1.91. The van der Waals surface area contributed by atoms with Crippen LogP contribution in [0.1, 0.15) is 43.4 Å². The quantitative estimate of drug-likeness (QED) is 0.430. The van der Waals surface area contributed by atoms with Crippen molar-refractivity contribution < 1.29 is 4.79 Å². The van der Waals surface area contributed by atoms with Crippen molar-refractivity contribution in [2.45, 2.75) is 55.6 Å². The Kier molecular flexibility index (Phi) is 5.88. The third-order valence-corrected chi connectivity index (χ3v) is 8.16. The Morgan fingerprint density at radius 2 is 2.03 bits per heavy atom.